The van der Waals surface area contributed by atoms with Crippen LogP contribution in [0.1, 0.15) is 142 Å². The molecule has 0 radical (unpaired) electrons. The lowest BCUT2D eigenvalue weighted by atomic mass is 9.68. The van der Waals surface area contributed by atoms with Crippen molar-refractivity contribution in [2.24, 2.45) is 11.3 Å². The summed E-state index contributed by atoms with van der Waals surface area (Å²) in [5, 5.41) is 0. The van der Waals surface area contributed by atoms with Crippen LogP contribution in [0.25, 0.3) is 0 Å². The van der Waals surface area contributed by atoms with Crippen LogP contribution in [0.2, 0.25) is 0 Å². The second-order valence-corrected chi connectivity index (χ2v) is 19.0. The molecule has 328 valence electrons. The van der Waals surface area contributed by atoms with Crippen LogP contribution in [-0.2, 0) is 27.2 Å². The smallest absolute Gasteiger partial charge is 0.248 e. The van der Waals surface area contributed by atoms with Gasteiger partial charge in [0.2, 0.25) is 11.9 Å². The van der Waals surface area contributed by atoms with E-state index in [9.17, 15) is 8.78 Å². The summed E-state index contributed by atoms with van der Waals surface area (Å²) in [6.07, 6.45) is 4.46. The number of piperidine rings is 1. The van der Waals surface area contributed by atoms with Crippen molar-refractivity contribution >= 4 is 5.95 Å². The molecule has 4 aliphatic rings. The fraction of sp³-hybridized carbons (Fsp3) is 0.571. The molecule has 9 nitrogen and oxygen atoms in total. The van der Waals surface area contributed by atoms with Crippen LogP contribution in [0.5, 0.6) is 11.5 Å². The van der Waals surface area contributed by atoms with Crippen LogP contribution in [0, 0.1) is 18.3 Å². The lowest BCUT2D eigenvalue weighted by molar-refractivity contribution is -0.264. The number of aromatic nitrogens is 3. The van der Waals surface area contributed by atoms with Gasteiger partial charge >= 0.3 is 0 Å². The van der Waals surface area contributed by atoms with Crippen molar-refractivity contribution in [3.63, 3.8) is 0 Å². The van der Waals surface area contributed by atoms with Crippen molar-refractivity contribution in [2.45, 2.75) is 128 Å². The molecule has 0 amide bonds. The molecule has 2 aromatic heterocycles. The van der Waals surface area contributed by atoms with E-state index in [2.05, 4.69) is 28.7 Å². The fourth-order valence-electron chi connectivity index (χ4n) is 9.57. The van der Waals surface area contributed by atoms with E-state index in [0.29, 0.717) is 88.0 Å². The number of halogens is 3. The molecule has 2 atom stereocenters. The summed E-state index contributed by atoms with van der Waals surface area (Å²) in [4.78, 5) is 17.0. The molecule has 1 saturated carbocycles. The zero-order valence-electron chi connectivity index (χ0n) is 36.5. The van der Waals surface area contributed by atoms with Gasteiger partial charge in [-0.1, -0.05) is 55.8 Å². The Morgan fingerprint density at radius 2 is 1.49 bits per heavy atom. The summed E-state index contributed by atoms with van der Waals surface area (Å²) in [6.45, 7) is 13.5. The first-order chi connectivity index (χ1) is 29.2. The van der Waals surface area contributed by atoms with Gasteiger partial charge in [-0.05, 0) is 99.5 Å². The van der Waals surface area contributed by atoms with Gasteiger partial charge in [0.25, 0.3) is 0 Å². The van der Waals surface area contributed by atoms with Crippen LogP contribution in [0.15, 0.2) is 60.9 Å². The molecular formula is C49H61F3N4O5. The average Bonchev–Trinajstić information content (AvgIpc) is 3.25. The maximum Gasteiger partial charge on any atom is 0.248 e. The van der Waals surface area contributed by atoms with E-state index < -0.39 is 17.9 Å². The number of alkyl halides is 3. The molecule has 2 saturated heterocycles. The number of anilines is 1. The minimum Gasteiger partial charge on any atom is -0.497 e. The predicted molar refractivity (Wildman–Crippen MR) is 228 cm³/mol. The number of benzene rings is 2. The van der Waals surface area contributed by atoms with Crippen LogP contribution in [-0.4, -0.2) is 66.7 Å². The molecule has 0 unspecified atom stereocenters. The standard InChI is InChI=1S/C49H61F3N4O5/c1-31-7-11-35(12-8-31)44(50)43-41(34-15-19-49(51,52)20-16-34)42-39(23-47(2,3)24-40(42)59-27-32-9-13-37(57-6)14-10-32)55-45(43)36-17-21-56(22-18-36)46-53-25-38(26-54-46)58-28-33-29-60-48(4,5)61-30-33/h7-14,25-26,33-34,36,40,44H,15-24,27-30H2,1-6H3/t40-,44-/m0/s1. The maximum atomic E-state index is 17.9. The quantitative estimate of drug-likeness (QED) is 0.138. The van der Waals surface area contributed by atoms with Gasteiger partial charge < -0.3 is 28.6 Å². The summed E-state index contributed by atoms with van der Waals surface area (Å²) in [5.74, 6) is -1.54. The van der Waals surface area contributed by atoms with Gasteiger partial charge in [0.1, 0.15) is 5.75 Å². The fourth-order valence-corrected chi connectivity index (χ4v) is 9.57. The molecule has 12 heteroatoms. The van der Waals surface area contributed by atoms with E-state index in [-0.39, 0.29) is 55.0 Å². The van der Waals surface area contributed by atoms with E-state index >= 15 is 4.39 Å². The van der Waals surface area contributed by atoms with Crippen LogP contribution >= 0.6 is 0 Å². The van der Waals surface area contributed by atoms with Crippen LogP contribution in [0.4, 0.5) is 19.1 Å². The number of rotatable bonds is 12. The summed E-state index contributed by atoms with van der Waals surface area (Å²) in [5.41, 5.74) is 6.42. The second kappa shape index (κ2) is 17.8. The van der Waals surface area contributed by atoms with E-state index in [4.69, 9.17) is 28.7 Å². The third kappa shape index (κ3) is 10.2. The monoisotopic (exact) mass is 842 g/mol. The van der Waals surface area contributed by atoms with Gasteiger partial charge in [0, 0.05) is 54.6 Å². The second-order valence-electron chi connectivity index (χ2n) is 19.0. The Balaban J connectivity index is 1.11. The number of ether oxygens (including phenoxy) is 5. The summed E-state index contributed by atoms with van der Waals surface area (Å²) < 4.78 is 77.4. The zero-order valence-corrected chi connectivity index (χ0v) is 36.5. The lowest BCUT2D eigenvalue weighted by Gasteiger charge is -2.42. The van der Waals surface area contributed by atoms with Crippen molar-refractivity contribution in [3.8, 4) is 11.5 Å². The highest BCUT2D eigenvalue weighted by Gasteiger charge is 2.44. The lowest BCUT2D eigenvalue weighted by Crippen LogP contribution is -2.41. The Morgan fingerprint density at radius 1 is 0.836 bits per heavy atom. The van der Waals surface area contributed by atoms with Gasteiger partial charge in [-0.15, -0.1) is 0 Å². The van der Waals surface area contributed by atoms with E-state index in [1.54, 1.807) is 19.5 Å². The molecule has 0 bridgehead atoms. The minimum atomic E-state index is -2.74. The predicted octanol–water partition coefficient (Wildman–Crippen LogP) is 10.9. The van der Waals surface area contributed by atoms with Crippen LogP contribution < -0.4 is 14.4 Å². The van der Waals surface area contributed by atoms with Crippen molar-refractivity contribution in [3.05, 3.63) is 106 Å². The summed E-state index contributed by atoms with van der Waals surface area (Å²) >= 11 is 0. The summed E-state index contributed by atoms with van der Waals surface area (Å²) in [7, 11) is 1.64. The summed E-state index contributed by atoms with van der Waals surface area (Å²) in [6, 6.07) is 15.4. The molecule has 4 aromatic rings. The molecular weight excluding hydrogens is 782 g/mol. The highest BCUT2D eigenvalue weighted by molar-refractivity contribution is 5.51. The first-order valence-corrected chi connectivity index (χ1v) is 22.0. The topological polar surface area (TPSA) is 88.1 Å². The number of hydrogen-bond donors (Lipinski definition) is 0. The van der Waals surface area contributed by atoms with Crippen molar-refractivity contribution < 1.29 is 36.9 Å². The SMILES string of the molecule is COc1ccc(CO[C@H]2CC(C)(C)Cc3nc(C4CCN(c5ncc(OCC6COC(C)(C)OC6)cn5)CC4)c([C@@H](F)c4ccc(C)cc4)c(C4CCC(F)(F)CC4)c32)cc1. The normalized spacial score (nSPS) is 22.4. The van der Waals surface area contributed by atoms with Gasteiger partial charge in [-0.25, -0.2) is 23.1 Å². The highest BCUT2D eigenvalue weighted by Crippen LogP contribution is 2.53. The molecule has 2 aliphatic carbocycles. The molecule has 61 heavy (non-hydrogen) atoms. The van der Waals surface area contributed by atoms with E-state index in [1.165, 1.54) is 0 Å². The first-order valence-electron chi connectivity index (χ1n) is 22.0. The van der Waals surface area contributed by atoms with Gasteiger partial charge in [-0.3, -0.25) is 4.98 Å². The Morgan fingerprint density at radius 3 is 2.13 bits per heavy atom. The first kappa shape index (κ1) is 43.4. The van der Waals surface area contributed by atoms with Crippen molar-refractivity contribution in [2.75, 3.05) is 44.9 Å². The number of fused-ring (bicyclic) bond motifs is 1. The Kier molecular flexibility index (Phi) is 12.7. The molecule has 2 aliphatic heterocycles. The minimum absolute atomic E-state index is 0.0553. The van der Waals surface area contributed by atoms with Gasteiger partial charge in [-0.2, -0.15) is 0 Å². The van der Waals surface area contributed by atoms with E-state index in [1.807, 2.05) is 69.3 Å². The number of pyridine rings is 1. The largest absolute Gasteiger partial charge is 0.497 e. The van der Waals surface area contributed by atoms with Crippen LogP contribution in [0.3, 0.4) is 0 Å². The number of aryl methyl sites for hydroxylation is 1. The highest BCUT2D eigenvalue weighted by atomic mass is 19.3. The molecule has 4 heterocycles. The third-order valence-corrected chi connectivity index (χ3v) is 13.1. The molecule has 3 fully saturated rings. The van der Waals surface area contributed by atoms with Gasteiger partial charge in [0.05, 0.1) is 57.7 Å². The molecule has 0 spiro atoms. The van der Waals surface area contributed by atoms with E-state index in [0.717, 1.165) is 39.4 Å². The van der Waals surface area contributed by atoms with Gasteiger partial charge in [0.15, 0.2) is 17.7 Å². The molecule has 2 aromatic carbocycles. The molecule has 0 N–H and O–H groups in total. The Hall–Kier alpha value is -4.26. The van der Waals surface area contributed by atoms with Crippen molar-refractivity contribution in [1.82, 2.24) is 15.0 Å². The third-order valence-electron chi connectivity index (χ3n) is 13.1. The zero-order chi connectivity index (χ0) is 42.9. The Labute approximate surface area is 358 Å². The number of hydrogen-bond acceptors (Lipinski definition) is 9. The maximum absolute atomic E-state index is 17.9. The Bertz CT molecular complexity index is 2090. The number of methoxy groups -OCH3 is 1. The number of nitrogens with zero attached hydrogens (tertiary/aromatic N) is 4. The van der Waals surface area contributed by atoms with Crippen molar-refractivity contribution in [1.29, 1.82) is 0 Å². The molecule has 8 rings (SSSR count). The average molecular weight is 843 g/mol.